The number of nitro benzene ring substituents is 1. The quantitative estimate of drug-likeness (QED) is 0.606. The number of carbonyl (C=O) groups is 1. The van der Waals surface area contributed by atoms with Crippen molar-refractivity contribution in [3.63, 3.8) is 0 Å². The Labute approximate surface area is 84.1 Å². The van der Waals surface area contributed by atoms with Crippen LogP contribution < -0.4 is 0 Å². The van der Waals surface area contributed by atoms with E-state index in [0.29, 0.717) is 0 Å². The minimum absolute atomic E-state index is 0.0579. The largest absolute Gasteiger partial charge is 0.478 e. The molecule has 0 unspecified atom stereocenters. The molecule has 0 saturated heterocycles. The second-order valence-corrected chi connectivity index (χ2v) is 3.04. The number of nitrogens with zero attached hydrogens (tertiary/aromatic N) is 1. The molecule has 0 spiro atoms. The first-order chi connectivity index (χ1) is 6.45. The first-order valence-electron chi connectivity index (χ1n) is 3.62. The molecule has 0 atom stereocenters. The third kappa shape index (κ3) is 1.67. The number of carboxylic acid groups (broad SMARTS) is 1. The zero-order valence-corrected chi connectivity index (χ0v) is 7.91. The molecule has 1 aromatic rings. The van der Waals surface area contributed by atoms with Gasteiger partial charge in [0.15, 0.2) is 0 Å². The van der Waals surface area contributed by atoms with Gasteiger partial charge in [-0.1, -0.05) is 11.6 Å². The molecule has 6 heteroatoms. The van der Waals surface area contributed by atoms with E-state index in [1.807, 2.05) is 0 Å². The van der Waals surface area contributed by atoms with E-state index in [1.165, 1.54) is 19.1 Å². The normalized spacial score (nSPS) is 9.86. The number of nitro groups is 1. The molecular formula is C8H6ClNO4. The summed E-state index contributed by atoms with van der Waals surface area (Å²) >= 11 is 5.57. The predicted octanol–water partition coefficient (Wildman–Crippen LogP) is 2.25. The molecule has 5 nitrogen and oxygen atoms in total. The summed E-state index contributed by atoms with van der Waals surface area (Å²) in [5, 5.41) is 19.2. The van der Waals surface area contributed by atoms with Crippen LogP contribution in [0.2, 0.25) is 5.02 Å². The summed E-state index contributed by atoms with van der Waals surface area (Å²) in [4.78, 5) is 20.5. The first kappa shape index (κ1) is 10.5. The summed E-state index contributed by atoms with van der Waals surface area (Å²) in [6.07, 6.45) is 0. The minimum atomic E-state index is -1.21. The predicted molar refractivity (Wildman–Crippen MR) is 49.8 cm³/mol. The Bertz CT molecular complexity index is 416. The molecule has 0 aliphatic heterocycles. The highest BCUT2D eigenvalue weighted by molar-refractivity contribution is 6.33. The maximum atomic E-state index is 10.6. The van der Waals surface area contributed by atoms with E-state index in [-0.39, 0.29) is 21.8 Å². The molecule has 0 saturated carbocycles. The van der Waals surface area contributed by atoms with Gasteiger partial charge in [-0.15, -0.1) is 0 Å². The van der Waals surface area contributed by atoms with Crippen LogP contribution in [0, 0.1) is 17.0 Å². The Balaban J connectivity index is 3.49. The van der Waals surface area contributed by atoms with E-state index in [4.69, 9.17) is 16.7 Å². The van der Waals surface area contributed by atoms with E-state index in [2.05, 4.69) is 0 Å². The zero-order chi connectivity index (χ0) is 10.9. The van der Waals surface area contributed by atoms with E-state index in [9.17, 15) is 14.9 Å². The Morgan fingerprint density at radius 2 is 2.14 bits per heavy atom. The van der Waals surface area contributed by atoms with Crippen LogP contribution in [0.25, 0.3) is 0 Å². The van der Waals surface area contributed by atoms with E-state index in [0.717, 1.165) is 0 Å². The number of carboxylic acids is 1. The van der Waals surface area contributed by atoms with Crippen molar-refractivity contribution < 1.29 is 14.8 Å². The fraction of sp³-hybridized carbons (Fsp3) is 0.125. The van der Waals surface area contributed by atoms with Crippen molar-refractivity contribution >= 4 is 23.3 Å². The maximum Gasteiger partial charge on any atom is 0.336 e. The lowest BCUT2D eigenvalue weighted by molar-refractivity contribution is -0.385. The van der Waals surface area contributed by atoms with E-state index >= 15 is 0 Å². The molecule has 14 heavy (non-hydrogen) atoms. The third-order valence-corrected chi connectivity index (χ3v) is 2.10. The van der Waals surface area contributed by atoms with Gasteiger partial charge in [0.1, 0.15) is 5.02 Å². The second kappa shape index (κ2) is 3.63. The lowest BCUT2D eigenvalue weighted by Crippen LogP contribution is -2.03. The maximum absolute atomic E-state index is 10.6. The van der Waals surface area contributed by atoms with Crippen LogP contribution in [0.5, 0.6) is 0 Å². The Hall–Kier alpha value is -1.62. The first-order valence-corrected chi connectivity index (χ1v) is 3.99. The van der Waals surface area contributed by atoms with Crippen LogP contribution in [-0.2, 0) is 0 Å². The van der Waals surface area contributed by atoms with Crippen molar-refractivity contribution in [1.29, 1.82) is 0 Å². The van der Waals surface area contributed by atoms with Gasteiger partial charge in [-0.3, -0.25) is 10.1 Å². The molecule has 74 valence electrons. The third-order valence-electron chi connectivity index (χ3n) is 1.79. The topological polar surface area (TPSA) is 80.4 Å². The van der Waals surface area contributed by atoms with Crippen LogP contribution in [-0.4, -0.2) is 16.0 Å². The van der Waals surface area contributed by atoms with Gasteiger partial charge in [0.2, 0.25) is 0 Å². The molecule has 0 radical (unpaired) electrons. The van der Waals surface area contributed by atoms with Crippen LogP contribution in [0.1, 0.15) is 15.9 Å². The van der Waals surface area contributed by atoms with Gasteiger partial charge in [-0.05, 0) is 19.1 Å². The van der Waals surface area contributed by atoms with E-state index < -0.39 is 10.9 Å². The average molecular weight is 216 g/mol. The number of benzene rings is 1. The van der Waals surface area contributed by atoms with Crippen LogP contribution in [0.4, 0.5) is 5.69 Å². The van der Waals surface area contributed by atoms with Crippen LogP contribution in [0.15, 0.2) is 12.1 Å². The van der Waals surface area contributed by atoms with Gasteiger partial charge in [0.05, 0.1) is 10.5 Å². The van der Waals surface area contributed by atoms with Crippen LogP contribution >= 0.6 is 11.6 Å². The average Bonchev–Trinajstić information content (AvgIpc) is 2.02. The lowest BCUT2D eigenvalue weighted by Gasteiger charge is -2.02. The van der Waals surface area contributed by atoms with Gasteiger partial charge < -0.3 is 5.11 Å². The van der Waals surface area contributed by atoms with Crippen LogP contribution in [0.3, 0.4) is 0 Å². The number of halogens is 1. The molecule has 1 N–H and O–H groups in total. The van der Waals surface area contributed by atoms with Gasteiger partial charge in [0.25, 0.3) is 5.69 Å². The fourth-order valence-electron chi connectivity index (χ4n) is 1.12. The smallest absolute Gasteiger partial charge is 0.336 e. The summed E-state index contributed by atoms with van der Waals surface area (Å²) in [5.74, 6) is -1.21. The molecule has 0 bridgehead atoms. The van der Waals surface area contributed by atoms with Crippen molar-refractivity contribution in [2.75, 3.05) is 0 Å². The monoisotopic (exact) mass is 215 g/mol. The summed E-state index contributed by atoms with van der Waals surface area (Å²) in [6.45, 7) is 1.35. The molecule has 0 aliphatic rings. The van der Waals surface area contributed by atoms with Crippen molar-refractivity contribution in [1.82, 2.24) is 0 Å². The number of rotatable bonds is 2. The Morgan fingerprint density at radius 3 is 2.57 bits per heavy atom. The van der Waals surface area contributed by atoms with E-state index in [1.54, 1.807) is 0 Å². The van der Waals surface area contributed by atoms with Crippen molar-refractivity contribution in [2.45, 2.75) is 6.92 Å². The van der Waals surface area contributed by atoms with Crippen molar-refractivity contribution in [2.24, 2.45) is 0 Å². The van der Waals surface area contributed by atoms with Gasteiger partial charge in [-0.25, -0.2) is 4.79 Å². The van der Waals surface area contributed by atoms with Gasteiger partial charge >= 0.3 is 5.97 Å². The molecule has 0 aromatic heterocycles. The van der Waals surface area contributed by atoms with Crippen molar-refractivity contribution in [3.05, 3.63) is 38.4 Å². The molecule has 1 aromatic carbocycles. The summed E-state index contributed by atoms with van der Waals surface area (Å²) < 4.78 is 0. The molecule has 0 fully saturated rings. The summed E-state index contributed by atoms with van der Waals surface area (Å²) in [6, 6.07) is 2.45. The lowest BCUT2D eigenvalue weighted by atomic mass is 10.1. The Morgan fingerprint density at radius 1 is 1.57 bits per heavy atom. The highest BCUT2D eigenvalue weighted by atomic mass is 35.5. The molecule has 0 amide bonds. The molecular weight excluding hydrogens is 210 g/mol. The highest BCUT2D eigenvalue weighted by Gasteiger charge is 2.21. The SMILES string of the molecule is Cc1c(C(=O)O)ccc(Cl)c1[N+](=O)[O-]. The van der Waals surface area contributed by atoms with Crippen molar-refractivity contribution in [3.8, 4) is 0 Å². The minimum Gasteiger partial charge on any atom is -0.478 e. The molecule has 1 rings (SSSR count). The number of hydrogen-bond acceptors (Lipinski definition) is 3. The molecule has 0 aliphatic carbocycles. The number of aromatic carboxylic acids is 1. The fourth-order valence-corrected chi connectivity index (χ4v) is 1.40. The summed E-state index contributed by atoms with van der Waals surface area (Å²) in [7, 11) is 0. The number of hydrogen-bond donors (Lipinski definition) is 1. The van der Waals surface area contributed by atoms with Gasteiger partial charge in [-0.2, -0.15) is 0 Å². The molecule has 0 heterocycles. The zero-order valence-electron chi connectivity index (χ0n) is 7.15. The van der Waals surface area contributed by atoms with Gasteiger partial charge in [0, 0.05) is 5.56 Å². The Kier molecular flexibility index (Phi) is 2.71. The highest BCUT2D eigenvalue weighted by Crippen LogP contribution is 2.30. The second-order valence-electron chi connectivity index (χ2n) is 2.63. The standard InChI is InChI=1S/C8H6ClNO4/c1-4-5(8(11)12)2-3-6(9)7(4)10(13)14/h2-3H,1H3,(H,11,12). The summed E-state index contributed by atoms with van der Waals surface area (Å²) in [5.41, 5.74) is -0.400.